The lowest BCUT2D eigenvalue weighted by Gasteiger charge is -2.68. The van der Waals surface area contributed by atoms with Gasteiger partial charge in [-0.05, 0) is 90.7 Å². The van der Waals surface area contributed by atoms with Crippen molar-refractivity contribution in [2.24, 2.45) is 50.7 Å². The van der Waals surface area contributed by atoms with E-state index in [1.165, 1.54) is 0 Å². The van der Waals surface area contributed by atoms with Gasteiger partial charge in [-0.3, -0.25) is 14.4 Å². The first-order chi connectivity index (χ1) is 16.2. The first-order valence-corrected chi connectivity index (χ1v) is 13.7. The largest absolute Gasteiger partial charge is 0.295 e. The number of nitrogens with zero attached hydrogens (tertiary/aromatic N) is 1. The van der Waals surface area contributed by atoms with Gasteiger partial charge >= 0.3 is 0 Å². The zero-order valence-electron chi connectivity index (χ0n) is 22.0. The van der Waals surface area contributed by atoms with Gasteiger partial charge in [0.25, 0.3) is 0 Å². The Hall–Kier alpha value is -1.73. The molecule has 0 aromatic heterocycles. The molecule has 5 rings (SSSR count). The van der Waals surface area contributed by atoms with Gasteiger partial charge in [-0.15, -0.1) is 0 Å². The highest BCUT2D eigenvalue weighted by atomic mass is 35.5. The van der Waals surface area contributed by atoms with Crippen LogP contribution in [0.4, 0.5) is 0 Å². The smallest absolute Gasteiger partial charge is 0.228 e. The van der Waals surface area contributed by atoms with Crippen LogP contribution in [0, 0.1) is 62.1 Å². The van der Waals surface area contributed by atoms with E-state index in [2.05, 4.69) is 40.7 Å². The van der Waals surface area contributed by atoms with E-state index < -0.39 is 10.8 Å². The third kappa shape index (κ3) is 3.00. The van der Waals surface area contributed by atoms with Crippen molar-refractivity contribution in [3.05, 3.63) is 23.3 Å². The number of allylic oxidation sites excluding steroid dienone is 4. The number of hydrogen-bond donors (Lipinski definition) is 0. The van der Waals surface area contributed by atoms with Gasteiger partial charge in [-0.25, -0.2) is 0 Å². The van der Waals surface area contributed by atoms with Gasteiger partial charge < -0.3 is 0 Å². The van der Waals surface area contributed by atoms with Gasteiger partial charge in [0.05, 0.1) is 5.57 Å². The number of nitriles is 1. The first kappa shape index (κ1) is 24.9. The number of hydrogen-bond acceptors (Lipinski definition) is 4. The number of carbonyl (C=O) groups excluding carboxylic acids is 3. The maximum absolute atomic E-state index is 14.2. The number of rotatable bonds is 1. The Morgan fingerprint density at radius 1 is 1.03 bits per heavy atom. The van der Waals surface area contributed by atoms with Gasteiger partial charge in [0.1, 0.15) is 6.07 Å². The SMILES string of the molecule is C[C@@H]1C(=O)C(C#N)=C[C@]2(C)C3=CC(=O)C4[C@H]5CC(C)(C)CC[C@]5(C(=O)Cl)CC[C@@]4(C)[C@]3(C)CC[C@@H]12. The summed E-state index contributed by atoms with van der Waals surface area (Å²) in [7, 11) is 0. The molecule has 0 heterocycles. The predicted octanol–water partition coefficient (Wildman–Crippen LogP) is 6.58. The second kappa shape index (κ2) is 7.41. The summed E-state index contributed by atoms with van der Waals surface area (Å²) in [4.78, 5) is 40.0. The van der Waals surface area contributed by atoms with Crippen molar-refractivity contribution in [3.8, 4) is 6.07 Å². The van der Waals surface area contributed by atoms with E-state index in [1.54, 1.807) is 0 Å². The van der Waals surface area contributed by atoms with Crippen LogP contribution in [-0.2, 0) is 14.4 Å². The monoisotopic (exact) mass is 495 g/mol. The molecule has 0 spiro atoms. The number of Topliss-reactive ketones (excluding diaryl/α,β-unsaturated/α-hetero) is 1. The van der Waals surface area contributed by atoms with Crippen LogP contribution >= 0.6 is 11.6 Å². The van der Waals surface area contributed by atoms with Crippen LogP contribution in [0.3, 0.4) is 0 Å². The van der Waals surface area contributed by atoms with Crippen LogP contribution in [0.5, 0.6) is 0 Å². The zero-order chi connectivity index (χ0) is 25.8. The number of halogens is 1. The summed E-state index contributed by atoms with van der Waals surface area (Å²) in [5.74, 6) is -0.409. The molecular formula is C30H38ClNO3. The second-order valence-electron chi connectivity index (χ2n) is 13.8. The lowest BCUT2D eigenvalue weighted by Crippen LogP contribution is -2.65. The highest BCUT2D eigenvalue weighted by Gasteiger charge is 2.69. The summed E-state index contributed by atoms with van der Waals surface area (Å²) >= 11 is 6.35. The molecule has 35 heavy (non-hydrogen) atoms. The third-order valence-corrected chi connectivity index (χ3v) is 12.3. The molecule has 0 aromatic carbocycles. The average Bonchev–Trinajstić information content (AvgIpc) is 2.77. The van der Waals surface area contributed by atoms with Crippen LogP contribution in [-0.4, -0.2) is 16.8 Å². The number of carbonyl (C=O) groups is 3. The summed E-state index contributed by atoms with van der Waals surface area (Å²) in [6.45, 7) is 13.2. The lowest BCUT2D eigenvalue weighted by atomic mass is 9.35. The Kier molecular flexibility index (Phi) is 5.28. The van der Waals surface area contributed by atoms with E-state index in [-0.39, 0.29) is 62.3 Å². The molecule has 0 radical (unpaired) electrons. The van der Waals surface area contributed by atoms with E-state index in [4.69, 9.17) is 11.6 Å². The van der Waals surface area contributed by atoms with Crippen molar-refractivity contribution in [1.82, 2.24) is 0 Å². The summed E-state index contributed by atoms with van der Waals surface area (Å²) in [6.07, 6.45) is 9.61. The fourth-order valence-corrected chi connectivity index (χ4v) is 9.93. The lowest BCUT2D eigenvalue weighted by molar-refractivity contribution is -0.172. The van der Waals surface area contributed by atoms with E-state index in [9.17, 15) is 19.6 Å². The average molecular weight is 496 g/mol. The van der Waals surface area contributed by atoms with Crippen LogP contribution in [0.25, 0.3) is 0 Å². The van der Waals surface area contributed by atoms with E-state index >= 15 is 0 Å². The van der Waals surface area contributed by atoms with E-state index in [0.29, 0.717) is 0 Å². The van der Waals surface area contributed by atoms with Crippen LogP contribution in [0.15, 0.2) is 23.3 Å². The summed E-state index contributed by atoms with van der Waals surface area (Å²) < 4.78 is 0. The zero-order valence-corrected chi connectivity index (χ0v) is 22.7. The quantitative estimate of drug-likeness (QED) is 0.385. The Balaban J connectivity index is 1.70. The van der Waals surface area contributed by atoms with Crippen molar-refractivity contribution in [1.29, 1.82) is 5.26 Å². The van der Waals surface area contributed by atoms with Gasteiger partial charge in [0, 0.05) is 22.7 Å². The minimum Gasteiger partial charge on any atom is -0.295 e. The summed E-state index contributed by atoms with van der Waals surface area (Å²) in [5, 5.41) is 9.46. The minimum atomic E-state index is -0.612. The fraction of sp³-hybridized carbons (Fsp3) is 0.733. The second-order valence-corrected chi connectivity index (χ2v) is 14.2. The molecule has 3 saturated carbocycles. The molecule has 1 unspecified atom stereocenters. The van der Waals surface area contributed by atoms with Gasteiger partial charge in [-0.2, -0.15) is 5.26 Å². The van der Waals surface area contributed by atoms with Gasteiger partial charge in [0.2, 0.25) is 5.24 Å². The van der Waals surface area contributed by atoms with E-state index in [1.807, 2.05) is 19.1 Å². The predicted molar refractivity (Wildman–Crippen MR) is 135 cm³/mol. The molecule has 0 aliphatic heterocycles. The highest BCUT2D eigenvalue weighted by molar-refractivity contribution is 6.64. The van der Waals surface area contributed by atoms with Crippen molar-refractivity contribution < 1.29 is 14.4 Å². The number of fused-ring (bicyclic) bond motifs is 7. The Bertz CT molecular complexity index is 1140. The molecule has 5 aliphatic carbocycles. The molecule has 4 nitrogen and oxygen atoms in total. The van der Waals surface area contributed by atoms with Crippen LogP contribution < -0.4 is 0 Å². The van der Waals surface area contributed by atoms with Crippen LogP contribution in [0.1, 0.15) is 86.5 Å². The maximum Gasteiger partial charge on any atom is 0.228 e. The van der Waals surface area contributed by atoms with E-state index in [0.717, 1.165) is 50.5 Å². The molecule has 5 heteroatoms. The fourth-order valence-electron chi connectivity index (χ4n) is 9.60. The van der Waals surface area contributed by atoms with Crippen molar-refractivity contribution in [3.63, 3.8) is 0 Å². The Morgan fingerprint density at radius 3 is 2.31 bits per heavy atom. The van der Waals surface area contributed by atoms with Gasteiger partial charge in [0.15, 0.2) is 11.6 Å². The molecule has 5 aliphatic rings. The maximum atomic E-state index is 14.2. The van der Waals surface area contributed by atoms with Gasteiger partial charge in [-0.1, -0.05) is 53.2 Å². The molecule has 0 amide bonds. The molecule has 188 valence electrons. The van der Waals surface area contributed by atoms with Crippen molar-refractivity contribution in [2.45, 2.75) is 86.5 Å². The first-order valence-electron chi connectivity index (χ1n) is 13.3. The Labute approximate surface area is 214 Å². The number of ketones is 2. The minimum absolute atomic E-state index is 0.0558. The molecule has 3 fully saturated rings. The van der Waals surface area contributed by atoms with Crippen LogP contribution in [0.2, 0.25) is 0 Å². The van der Waals surface area contributed by atoms with Crippen molar-refractivity contribution in [2.75, 3.05) is 0 Å². The standard InChI is InChI=1S/C30H38ClNO3/c1-17-19-7-8-28(5)22(27(19,4)14-18(16-32)24(17)34)13-21(33)23-20-15-26(2,3)9-11-30(20,25(31)35)12-10-29(23,28)6/h13-14,17,19-20,23H,7-12,15H2,1-6H3/t17-,19-,20+,23?,27-,28+,29+,30-/m0/s1. The third-order valence-electron chi connectivity index (χ3n) is 11.9. The molecule has 0 N–H and O–H groups in total. The highest BCUT2D eigenvalue weighted by Crippen LogP contribution is 2.74. The normalized spacial score (nSPS) is 48.3. The topological polar surface area (TPSA) is 75.0 Å². The Morgan fingerprint density at radius 2 is 1.69 bits per heavy atom. The summed E-state index contributed by atoms with van der Waals surface area (Å²) in [5.41, 5.74) is -0.283. The van der Waals surface area contributed by atoms with Crippen molar-refractivity contribution >= 4 is 28.4 Å². The molecule has 0 aromatic rings. The molecule has 0 bridgehead atoms. The molecule has 0 saturated heterocycles. The molecule has 8 atom stereocenters. The summed E-state index contributed by atoms with van der Waals surface area (Å²) in [6, 6.07) is 2.14. The molecular weight excluding hydrogens is 458 g/mol.